The van der Waals surface area contributed by atoms with Gasteiger partial charge in [-0.2, -0.15) is 0 Å². The fourth-order valence-corrected chi connectivity index (χ4v) is 3.27. The van der Waals surface area contributed by atoms with Crippen molar-refractivity contribution in [3.8, 4) is 0 Å². The third-order valence-electron chi connectivity index (χ3n) is 4.52. The second-order valence-corrected chi connectivity index (χ2v) is 6.18. The van der Waals surface area contributed by atoms with E-state index in [1.165, 1.54) is 12.0 Å². The van der Waals surface area contributed by atoms with Gasteiger partial charge in [0, 0.05) is 0 Å². The van der Waals surface area contributed by atoms with Crippen LogP contribution in [0.5, 0.6) is 0 Å². The van der Waals surface area contributed by atoms with Crippen molar-refractivity contribution >= 4 is 0 Å². The second kappa shape index (κ2) is 4.81. The van der Waals surface area contributed by atoms with E-state index in [0.29, 0.717) is 11.8 Å². The smallest absolute Gasteiger partial charge is 0.0579 e. The molecule has 17 heavy (non-hydrogen) atoms. The standard InChI is InChI=1S/C16H24O/c1-12-9-10-14(15(17)11-12)16(2,3)13-7-5-4-6-8-13/h4-8,12,14-15,17H,9-11H2,1-3H3/t12?,14-,15?/m0/s1. The zero-order chi connectivity index (χ0) is 12.5. The Morgan fingerprint density at radius 3 is 2.35 bits per heavy atom. The van der Waals surface area contributed by atoms with E-state index >= 15 is 0 Å². The Labute approximate surface area is 105 Å². The summed E-state index contributed by atoms with van der Waals surface area (Å²) in [5, 5.41) is 10.3. The molecule has 1 N–H and O–H groups in total. The molecule has 94 valence electrons. The summed E-state index contributed by atoms with van der Waals surface area (Å²) < 4.78 is 0. The first-order chi connectivity index (χ1) is 8.01. The molecule has 1 heteroatoms. The molecule has 0 saturated heterocycles. The molecule has 0 heterocycles. The van der Waals surface area contributed by atoms with Crippen LogP contribution in [0.3, 0.4) is 0 Å². The average molecular weight is 232 g/mol. The highest BCUT2D eigenvalue weighted by molar-refractivity contribution is 5.25. The number of benzene rings is 1. The van der Waals surface area contributed by atoms with Crippen molar-refractivity contribution < 1.29 is 5.11 Å². The van der Waals surface area contributed by atoms with Crippen LogP contribution in [0.25, 0.3) is 0 Å². The van der Waals surface area contributed by atoms with Gasteiger partial charge >= 0.3 is 0 Å². The molecular formula is C16H24O. The number of aliphatic hydroxyl groups is 1. The summed E-state index contributed by atoms with van der Waals surface area (Å²) in [5.74, 6) is 1.06. The second-order valence-electron chi connectivity index (χ2n) is 6.18. The van der Waals surface area contributed by atoms with Crippen molar-refractivity contribution in [3.63, 3.8) is 0 Å². The first kappa shape index (κ1) is 12.6. The van der Waals surface area contributed by atoms with Gasteiger partial charge in [0.05, 0.1) is 6.10 Å². The van der Waals surface area contributed by atoms with Crippen molar-refractivity contribution in [1.82, 2.24) is 0 Å². The lowest BCUT2D eigenvalue weighted by molar-refractivity contribution is 0.0143. The van der Waals surface area contributed by atoms with Crippen LogP contribution < -0.4 is 0 Å². The van der Waals surface area contributed by atoms with Crippen molar-refractivity contribution in [1.29, 1.82) is 0 Å². The molecule has 0 aliphatic heterocycles. The predicted molar refractivity (Wildman–Crippen MR) is 72.0 cm³/mol. The highest BCUT2D eigenvalue weighted by Crippen LogP contribution is 2.42. The van der Waals surface area contributed by atoms with Crippen molar-refractivity contribution in [2.24, 2.45) is 11.8 Å². The minimum Gasteiger partial charge on any atom is -0.393 e. The molecule has 1 aromatic rings. The number of hydrogen-bond acceptors (Lipinski definition) is 1. The maximum Gasteiger partial charge on any atom is 0.0579 e. The van der Waals surface area contributed by atoms with Crippen LogP contribution in [0.2, 0.25) is 0 Å². The maximum atomic E-state index is 10.3. The summed E-state index contributed by atoms with van der Waals surface area (Å²) in [6.45, 7) is 6.79. The van der Waals surface area contributed by atoms with Crippen LogP contribution >= 0.6 is 0 Å². The van der Waals surface area contributed by atoms with E-state index in [1.54, 1.807) is 0 Å². The lowest BCUT2D eigenvalue weighted by atomic mass is 9.64. The van der Waals surface area contributed by atoms with E-state index in [0.717, 1.165) is 12.8 Å². The van der Waals surface area contributed by atoms with Gasteiger partial charge in [-0.1, -0.05) is 57.5 Å². The highest BCUT2D eigenvalue weighted by atomic mass is 16.3. The summed E-state index contributed by atoms with van der Waals surface area (Å²) in [7, 11) is 0. The zero-order valence-electron chi connectivity index (χ0n) is 11.2. The summed E-state index contributed by atoms with van der Waals surface area (Å²) in [4.78, 5) is 0. The van der Waals surface area contributed by atoms with Crippen LogP contribution in [-0.4, -0.2) is 11.2 Å². The molecule has 0 aromatic heterocycles. The van der Waals surface area contributed by atoms with E-state index in [-0.39, 0.29) is 11.5 Å². The van der Waals surface area contributed by atoms with E-state index < -0.39 is 0 Å². The van der Waals surface area contributed by atoms with Gasteiger partial charge in [-0.15, -0.1) is 0 Å². The molecule has 1 nitrogen and oxygen atoms in total. The minimum atomic E-state index is -0.144. The molecule has 1 saturated carbocycles. The Hall–Kier alpha value is -0.820. The van der Waals surface area contributed by atoms with Gasteiger partial charge in [-0.25, -0.2) is 0 Å². The summed E-state index contributed by atoms with van der Waals surface area (Å²) in [6, 6.07) is 10.6. The molecule has 2 rings (SSSR count). The Kier molecular flexibility index (Phi) is 3.58. The van der Waals surface area contributed by atoms with Gasteiger partial charge in [0.1, 0.15) is 0 Å². The fraction of sp³-hybridized carbons (Fsp3) is 0.625. The molecule has 0 bridgehead atoms. The van der Waals surface area contributed by atoms with E-state index in [1.807, 2.05) is 0 Å². The Morgan fingerprint density at radius 2 is 1.76 bits per heavy atom. The molecule has 0 spiro atoms. The molecule has 1 aliphatic carbocycles. The molecule has 0 radical (unpaired) electrons. The number of hydrogen-bond donors (Lipinski definition) is 1. The van der Waals surface area contributed by atoms with Gasteiger partial charge in [-0.3, -0.25) is 0 Å². The quantitative estimate of drug-likeness (QED) is 0.823. The zero-order valence-corrected chi connectivity index (χ0v) is 11.2. The van der Waals surface area contributed by atoms with Gasteiger partial charge in [0.15, 0.2) is 0 Å². The first-order valence-corrected chi connectivity index (χ1v) is 6.75. The highest BCUT2D eigenvalue weighted by Gasteiger charge is 2.38. The van der Waals surface area contributed by atoms with Crippen molar-refractivity contribution in [3.05, 3.63) is 35.9 Å². The van der Waals surface area contributed by atoms with Gasteiger partial charge in [0.25, 0.3) is 0 Å². The lowest BCUT2D eigenvalue weighted by Crippen LogP contribution is -2.41. The maximum absolute atomic E-state index is 10.3. The van der Waals surface area contributed by atoms with Gasteiger partial charge < -0.3 is 5.11 Å². The molecule has 3 atom stereocenters. The fourth-order valence-electron chi connectivity index (χ4n) is 3.27. The summed E-state index contributed by atoms with van der Waals surface area (Å²) in [5.41, 5.74) is 1.42. The molecular weight excluding hydrogens is 208 g/mol. The average Bonchev–Trinajstić information content (AvgIpc) is 2.29. The lowest BCUT2D eigenvalue weighted by Gasteiger charge is -2.42. The monoisotopic (exact) mass is 232 g/mol. The van der Waals surface area contributed by atoms with Crippen LogP contribution in [0.15, 0.2) is 30.3 Å². The van der Waals surface area contributed by atoms with Crippen LogP contribution in [-0.2, 0) is 5.41 Å². The van der Waals surface area contributed by atoms with Crippen LogP contribution in [0.4, 0.5) is 0 Å². The SMILES string of the molecule is CC1CC[C@H](C(C)(C)c2ccccc2)C(O)C1. The Morgan fingerprint density at radius 1 is 1.12 bits per heavy atom. The van der Waals surface area contributed by atoms with Crippen molar-refractivity contribution in [2.45, 2.75) is 51.6 Å². The van der Waals surface area contributed by atoms with Crippen molar-refractivity contribution in [2.75, 3.05) is 0 Å². The molecule has 1 fully saturated rings. The molecule has 0 amide bonds. The Balaban J connectivity index is 2.21. The summed E-state index contributed by atoms with van der Waals surface area (Å²) in [6.07, 6.45) is 3.21. The Bertz CT molecular complexity index is 355. The third-order valence-corrected chi connectivity index (χ3v) is 4.52. The first-order valence-electron chi connectivity index (χ1n) is 6.75. The topological polar surface area (TPSA) is 20.2 Å². The predicted octanol–water partition coefficient (Wildman–Crippen LogP) is 3.76. The van der Waals surface area contributed by atoms with Crippen LogP contribution in [0, 0.1) is 11.8 Å². The largest absolute Gasteiger partial charge is 0.393 e. The van der Waals surface area contributed by atoms with E-state index in [2.05, 4.69) is 51.1 Å². The van der Waals surface area contributed by atoms with Gasteiger partial charge in [0.2, 0.25) is 0 Å². The third kappa shape index (κ3) is 2.55. The molecule has 1 aromatic carbocycles. The molecule has 2 unspecified atom stereocenters. The van der Waals surface area contributed by atoms with Gasteiger partial charge in [-0.05, 0) is 35.7 Å². The van der Waals surface area contributed by atoms with Crippen LogP contribution in [0.1, 0.15) is 45.6 Å². The summed E-state index contributed by atoms with van der Waals surface area (Å²) >= 11 is 0. The van der Waals surface area contributed by atoms with E-state index in [4.69, 9.17) is 0 Å². The molecule has 1 aliphatic rings. The number of aliphatic hydroxyl groups excluding tert-OH is 1. The number of rotatable bonds is 2. The minimum absolute atomic E-state index is 0.0703. The normalized spacial score (nSPS) is 30.2. The van der Waals surface area contributed by atoms with E-state index in [9.17, 15) is 5.11 Å².